The van der Waals surface area contributed by atoms with Crippen molar-refractivity contribution in [2.24, 2.45) is 0 Å². The molecule has 0 bridgehead atoms. The molecule has 1 aromatic heterocycles. The fourth-order valence-electron chi connectivity index (χ4n) is 1.85. The first-order valence-electron chi connectivity index (χ1n) is 5.81. The Morgan fingerprint density at radius 1 is 1.24 bits per heavy atom. The van der Waals surface area contributed by atoms with E-state index in [9.17, 15) is 4.79 Å². The van der Waals surface area contributed by atoms with Gasteiger partial charge in [0, 0.05) is 17.7 Å². The van der Waals surface area contributed by atoms with Gasteiger partial charge in [-0.25, -0.2) is 0 Å². The van der Waals surface area contributed by atoms with Crippen LogP contribution in [0.3, 0.4) is 0 Å². The van der Waals surface area contributed by atoms with Crippen molar-refractivity contribution in [3.8, 4) is 11.3 Å². The van der Waals surface area contributed by atoms with E-state index < -0.39 is 0 Å². The summed E-state index contributed by atoms with van der Waals surface area (Å²) in [6.45, 7) is 2.02. The summed E-state index contributed by atoms with van der Waals surface area (Å²) in [6, 6.07) is 13.9. The Morgan fingerprint density at radius 2 is 2.00 bits per heavy atom. The summed E-state index contributed by atoms with van der Waals surface area (Å²) in [5.41, 5.74) is 3.04. The van der Waals surface area contributed by atoms with Gasteiger partial charge in [-0.2, -0.15) is 0 Å². The molecule has 17 heavy (non-hydrogen) atoms. The Morgan fingerprint density at radius 3 is 2.65 bits per heavy atom. The molecule has 2 rings (SSSR count). The molecular formula is C15H15NO. The molecule has 2 nitrogen and oxygen atoms in total. The molecule has 0 spiro atoms. The van der Waals surface area contributed by atoms with E-state index in [0.717, 1.165) is 29.5 Å². The predicted octanol–water partition coefficient (Wildman–Crippen LogP) is 3.44. The van der Waals surface area contributed by atoms with Gasteiger partial charge < -0.3 is 4.79 Å². The van der Waals surface area contributed by atoms with Crippen molar-refractivity contribution >= 4 is 6.29 Å². The van der Waals surface area contributed by atoms with Crippen molar-refractivity contribution in [3.05, 3.63) is 54.2 Å². The monoisotopic (exact) mass is 225 g/mol. The maximum Gasteiger partial charge on any atom is 0.127 e. The number of hydrogen-bond donors (Lipinski definition) is 0. The second-order valence-corrected chi connectivity index (χ2v) is 3.99. The van der Waals surface area contributed by atoms with E-state index in [4.69, 9.17) is 0 Å². The van der Waals surface area contributed by atoms with Crippen LogP contribution in [-0.4, -0.2) is 11.3 Å². The molecule has 0 aliphatic heterocycles. The second-order valence-electron chi connectivity index (χ2n) is 3.99. The van der Waals surface area contributed by atoms with Crippen LogP contribution in [0.25, 0.3) is 11.3 Å². The molecule has 1 aromatic carbocycles. The summed E-state index contributed by atoms with van der Waals surface area (Å²) < 4.78 is 0. The molecule has 0 N–H and O–H groups in total. The van der Waals surface area contributed by atoms with E-state index in [0.29, 0.717) is 0 Å². The highest BCUT2D eigenvalue weighted by molar-refractivity contribution is 5.65. The van der Waals surface area contributed by atoms with Gasteiger partial charge in [0.1, 0.15) is 6.29 Å². The number of carbonyl (C=O) groups excluding carboxylic acids is 1. The van der Waals surface area contributed by atoms with E-state index >= 15 is 0 Å². The third-order valence-corrected chi connectivity index (χ3v) is 2.89. The van der Waals surface area contributed by atoms with Crippen LogP contribution in [0.2, 0.25) is 0 Å². The van der Waals surface area contributed by atoms with Crippen molar-refractivity contribution in [2.45, 2.75) is 19.3 Å². The van der Waals surface area contributed by atoms with E-state index in [1.807, 2.05) is 49.4 Å². The fraction of sp³-hybridized carbons (Fsp3) is 0.200. The maximum absolute atomic E-state index is 11.0. The van der Waals surface area contributed by atoms with Crippen molar-refractivity contribution in [1.82, 2.24) is 4.98 Å². The average Bonchev–Trinajstić information content (AvgIpc) is 2.42. The van der Waals surface area contributed by atoms with Crippen LogP contribution in [0.4, 0.5) is 0 Å². The van der Waals surface area contributed by atoms with E-state index in [2.05, 4.69) is 4.98 Å². The number of nitrogens with zero attached hydrogens (tertiary/aromatic N) is 1. The molecule has 1 heterocycles. The van der Waals surface area contributed by atoms with Gasteiger partial charge in [-0.3, -0.25) is 4.98 Å². The second kappa shape index (κ2) is 5.39. The Hall–Kier alpha value is -1.96. The molecule has 2 heteroatoms. The fourth-order valence-corrected chi connectivity index (χ4v) is 1.85. The lowest BCUT2D eigenvalue weighted by molar-refractivity contribution is -0.109. The lowest BCUT2D eigenvalue weighted by Crippen LogP contribution is -1.99. The summed E-state index contributed by atoms with van der Waals surface area (Å²) in [4.78, 5) is 15.3. The van der Waals surface area contributed by atoms with Gasteiger partial charge in [0.2, 0.25) is 0 Å². The van der Waals surface area contributed by atoms with Gasteiger partial charge in [0.25, 0.3) is 0 Å². The van der Waals surface area contributed by atoms with Crippen molar-refractivity contribution in [2.75, 3.05) is 0 Å². The van der Waals surface area contributed by atoms with Crippen molar-refractivity contribution < 1.29 is 4.79 Å². The molecule has 0 saturated carbocycles. The normalized spacial score (nSPS) is 12.1. The predicted molar refractivity (Wildman–Crippen MR) is 68.8 cm³/mol. The highest BCUT2D eigenvalue weighted by atomic mass is 16.1. The molecule has 0 radical (unpaired) electrons. The average molecular weight is 225 g/mol. The first kappa shape index (κ1) is 11.5. The Bertz CT molecular complexity index is 493. The highest BCUT2D eigenvalue weighted by Gasteiger charge is 2.09. The SMILES string of the molecule is CCC(C=O)c1ccnc(-c2ccccc2)c1. The van der Waals surface area contributed by atoms with Crippen LogP contribution in [0, 0.1) is 0 Å². The summed E-state index contributed by atoms with van der Waals surface area (Å²) in [7, 11) is 0. The van der Waals surface area contributed by atoms with Gasteiger partial charge >= 0.3 is 0 Å². The van der Waals surface area contributed by atoms with Crippen LogP contribution in [0.5, 0.6) is 0 Å². The zero-order valence-corrected chi connectivity index (χ0v) is 9.84. The maximum atomic E-state index is 11.0. The van der Waals surface area contributed by atoms with E-state index in [1.165, 1.54) is 0 Å². The largest absolute Gasteiger partial charge is 0.303 e. The molecule has 86 valence electrons. The van der Waals surface area contributed by atoms with Gasteiger partial charge in [0.15, 0.2) is 0 Å². The number of hydrogen-bond acceptors (Lipinski definition) is 2. The minimum atomic E-state index is -0.0273. The van der Waals surface area contributed by atoms with Gasteiger partial charge in [-0.05, 0) is 24.1 Å². The van der Waals surface area contributed by atoms with Crippen LogP contribution >= 0.6 is 0 Å². The Balaban J connectivity index is 2.38. The van der Waals surface area contributed by atoms with E-state index in [1.54, 1.807) is 6.20 Å². The summed E-state index contributed by atoms with van der Waals surface area (Å²) in [5, 5.41) is 0. The quantitative estimate of drug-likeness (QED) is 0.746. The smallest absolute Gasteiger partial charge is 0.127 e. The van der Waals surface area contributed by atoms with Crippen LogP contribution in [0.15, 0.2) is 48.7 Å². The summed E-state index contributed by atoms with van der Waals surface area (Å²) >= 11 is 0. The van der Waals surface area contributed by atoms with E-state index in [-0.39, 0.29) is 5.92 Å². The van der Waals surface area contributed by atoms with Gasteiger partial charge in [-0.1, -0.05) is 37.3 Å². The number of pyridine rings is 1. The molecule has 1 unspecified atom stereocenters. The summed E-state index contributed by atoms with van der Waals surface area (Å²) in [5.74, 6) is -0.0273. The zero-order chi connectivity index (χ0) is 12.1. The first-order chi connectivity index (χ1) is 8.35. The molecular weight excluding hydrogens is 210 g/mol. The lowest BCUT2D eigenvalue weighted by Gasteiger charge is -2.09. The minimum Gasteiger partial charge on any atom is -0.303 e. The Labute approximate surface area is 101 Å². The summed E-state index contributed by atoms with van der Waals surface area (Å²) in [6.07, 6.45) is 3.59. The Kier molecular flexibility index (Phi) is 3.66. The van der Waals surface area contributed by atoms with Gasteiger partial charge in [-0.15, -0.1) is 0 Å². The molecule has 0 fully saturated rings. The molecule has 0 aliphatic carbocycles. The van der Waals surface area contributed by atoms with Crippen LogP contribution in [0.1, 0.15) is 24.8 Å². The first-order valence-corrected chi connectivity index (χ1v) is 5.81. The topological polar surface area (TPSA) is 30.0 Å². The van der Waals surface area contributed by atoms with Crippen LogP contribution < -0.4 is 0 Å². The minimum absolute atomic E-state index is 0.0273. The molecule has 0 aliphatic rings. The number of benzene rings is 1. The lowest BCUT2D eigenvalue weighted by atomic mass is 9.97. The number of aromatic nitrogens is 1. The number of aldehydes is 1. The number of carbonyl (C=O) groups is 1. The van der Waals surface area contributed by atoms with Gasteiger partial charge in [0.05, 0.1) is 5.69 Å². The highest BCUT2D eigenvalue weighted by Crippen LogP contribution is 2.22. The third kappa shape index (κ3) is 2.59. The third-order valence-electron chi connectivity index (χ3n) is 2.89. The molecule has 1 atom stereocenters. The standard InChI is InChI=1S/C15H15NO/c1-2-12(11-17)14-8-9-16-15(10-14)13-6-4-3-5-7-13/h3-12H,2H2,1H3. The van der Waals surface area contributed by atoms with Crippen LogP contribution in [-0.2, 0) is 4.79 Å². The molecule has 2 aromatic rings. The van der Waals surface area contributed by atoms with Crippen molar-refractivity contribution in [1.29, 1.82) is 0 Å². The van der Waals surface area contributed by atoms with Crippen molar-refractivity contribution in [3.63, 3.8) is 0 Å². The number of rotatable bonds is 4. The zero-order valence-electron chi connectivity index (χ0n) is 9.84. The molecule has 0 saturated heterocycles. The molecule has 0 amide bonds.